The molecule has 82 valence electrons. The summed E-state index contributed by atoms with van der Waals surface area (Å²) >= 11 is 3.07. The summed E-state index contributed by atoms with van der Waals surface area (Å²) in [7, 11) is 3.08. The molecule has 0 aliphatic heterocycles. The second-order valence-electron chi connectivity index (χ2n) is 2.72. The quantitative estimate of drug-likeness (QED) is 0.855. The first-order chi connectivity index (χ1) is 7.22. The molecule has 1 amide bonds. The Labute approximate surface area is 96.7 Å². The van der Waals surface area contributed by atoms with E-state index in [1.54, 1.807) is 32.4 Å². The fourth-order valence-electron chi connectivity index (χ4n) is 1.15. The van der Waals surface area contributed by atoms with Crippen molar-refractivity contribution < 1.29 is 14.3 Å². The lowest BCUT2D eigenvalue weighted by atomic mass is 10.2. The monoisotopic (exact) mass is 273 g/mol. The molecule has 0 radical (unpaired) electrons. The van der Waals surface area contributed by atoms with Gasteiger partial charge < -0.3 is 14.8 Å². The Morgan fingerprint density at radius 2 is 1.87 bits per heavy atom. The minimum atomic E-state index is -0.155. The van der Waals surface area contributed by atoms with Crippen LogP contribution < -0.4 is 14.8 Å². The van der Waals surface area contributed by atoms with Crippen LogP contribution >= 0.6 is 15.9 Å². The smallest absolute Gasteiger partial charge is 0.235 e. The van der Waals surface area contributed by atoms with E-state index < -0.39 is 0 Å². The van der Waals surface area contributed by atoms with E-state index in [0.29, 0.717) is 17.2 Å². The molecular formula is C10H12BrNO3. The SMILES string of the molecule is COc1cccc(OC)c1NC(=O)CBr. The highest BCUT2D eigenvalue weighted by Crippen LogP contribution is 2.33. The normalized spacial score (nSPS) is 9.53. The van der Waals surface area contributed by atoms with Gasteiger partial charge in [-0.15, -0.1) is 0 Å². The van der Waals surface area contributed by atoms with Crippen molar-refractivity contribution in [2.45, 2.75) is 0 Å². The Kier molecular flexibility index (Phi) is 4.42. The molecule has 0 bridgehead atoms. The van der Waals surface area contributed by atoms with Gasteiger partial charge in [0.05, 0.1) is 19.5 Å². The number of rotatable bonds is 4. The molecule has 0 atom stereocenters. The minimum absolute atomic E-state index is 0.155. The molecule has 0 aromatic heterocycles. The van der Waals surface area contributed by atoms with Crippen molar-refractivity contribution in [1.82, 2.24) is 0 Å². The van der Waals surface area contributed by atoms with Gasteiger partial charge in [-0.2, -0.15) is 0 Å². The Bertz CT molecular complexity index is 332. The van der Waals surface area contributed by atoms with Crippen LogP contribution in [0.25, 0.3) is 0 Å². The number of halogens is 1. The summed E-state index contributed by atoms with van der Waals surface area (Å²) in [6, 6.07) is 5.31. The van der Waals surface area contributed by atoms with Gasteiger partial charge >= 0.3 is 0 Å². The van der Waals surface area contributed by atoms with Crippen LogP contribution in [-0.2, 0) is 4.79 Å². The highest BCUT2D eigenvalue weighted by molar-refractivity contribution is 9.09. The molecule has 0 fully saturated rings. The van der Waals surface area contributed by atoms with E-state index in [-0.39, 0.29) is 11.2 Å². The summed E-state index contributed by atoms with van der Waals surface area (Å²) in [5, 5.41) is 2.93. The fraction of sp³-hybridized carbons (Fsp3) is 0.300. The molecule has 1 aromatic rings. The number of alkyl halides is 1. The zero-order chi connectivity index (χ0) is 11.3. The van der Waals surface area contributed by atoms with Crippen LogP contribution in [0.5, 0.6) is 11.5 Å². The zero-order valence-corrected chi connectivity index (χ0v) is 10.1. The van der Waals surface area contributed by atoms with Gasteiger partial charge in [-0.25, -0.2) is 0 Å². The van der Waals surface area contributed by atoms with Crippen molar-refractivity contribution in [3.63, 3.8) is 0 Å². The van der Waals surface area contributed by atoms with E-state index in [1.807, 2.05) is 0 Å². The van der Waals surface area contributed by atoms with E-state index in [1.165, 1.54) is 0 Å². The molecule has 0 saturated heterocycles. The van der Waals surface area contributed by atoms with Gasteiger partial charge in [-0.3, -0.25) is 4.79 Å². The number of amides is 1. The molecule has 1 aromatic carbocycles. The van der Waals surface area contributed by atoms with Gasteiger partial charge in [0.2, 0.25) is 5.91 Å². The van der Waals surface area contributed by atoms with Crippen LogP contribution in [0, 0.1) is 0 Å². The molecule has 0 saturated carbocycles. The molecule has 1 N–H and O–H groups in total. The average Bonchev–Trinajstić information content (AvgIpc) is 2.29. The maximum absolute atomic E-state index is 11.2. The first kappa shape index (κ1) is 11.8. The number of ether oxygens (including phenoxy) is 2. The predicted molar refractivity (Wildman–Crippen MR) is 62.0 cm³/mol. The van der Waals surface area contributed by atoms with Gasteiger partial charge in [0.1, 0.15) is 17.2 Å². The largest absolute Gasteiger partial charge is 0.494 e. The predicted octanol–water partition coefficient (Wildman–Crippen LogP) is 2.04. The third kappa shape index (κ3) is 2.86. The number of anilines is 1. The highest BCUT2D eigenvalue weighted by Gasteiger charge is 2.11. The first-order valence-corrected chi connectivity index (χ1v) is 5.42. The summed E-state index contributed by atoms with van der Waals surface area (Å²) in [6.07, 6.45) is 0. The summed E-state index contributed by atoms with van der Waals surface area (Å²) in [5.74, 6) is 0.991. The molecule has 5 heteroatoms. The second-order valence-corrected chi connectivity index (χ2v) is 3.28. The van der Waals surface area contributed by atoms with E-state index >= 15 is 0 Å². The van der Waals surface area contributed by atoms with Gasteiger partial charge in [0.15, 0.2) is 0 Å². The van der Waals surface area contributed by atoms with Crippen LogP contribution in [0.15, 0.2) is 18.2 Å². The fourth-order valence-corrected chi connectivity index (χ4v) is 1.29. The summed E-state index contributed by atoms with van der Waals surface area (Å²) in [4.78, 5) is 11.2. The second kappa shape index (κ2) is 5.60. The van der Waals surface area contributed by atoms with Crippen LogP contribution in [-0.4, -0.2) is 25.5 Å². The van der Waals surface area contributed by atoms with Crippen molar-refractivity contribution >= 4 is 27.5 Å². The Morgan fingerprint density at radius 3 is 2.27 bits per heavy atom. The number of methoxy groups -OCH3 is 2. The van der Waals surface area contributed by atoms with Crippen LogP contribution in [0.2, 0.25) is 0 Å². The number of carbonyl (C=O) groups excluding carboxylic acids is 1. The van der Waals surface area contributed by atoms with E-state index in [0.717, 1.165) is 0 Å². The number of hydrogen-bond acceptors (Lipinski definition) is 3. The number of para-hydroxylation sites is 1. The van der Waals surface area contributed by atoms with Crippen molar-refractivity contribution in [2.24, 2.45) is 0 Å². The molecule has 0 spiro atoms. The highest BCUT2D eigenvalue weighted by atomic mass is 79.9. The van der Waals surface area contributed by atoms with E-state index in [4.69, 9.17) is 9.47 Å². The third-order valence-corrected chi connectivity index (χ3v) is 2.32. The number of nitrogens with one attached hydrogen (secondary N) is 1. The lowest BCUT2D eigenvalue weighted by molar-refractivity contribution is -0.113. The molecule has 4 nitrogen and oxygen atoms in total. The van der Waals surface area contributed by atoms with Crippen LogP contribution in [0.4, 0.5) is 5.69 Å². The number of benzene rings is 1. The Hall–Kier alpha value is -1.23. The zero-order valence-electron chi connectivity index (χ0n) is 8.54. The maximum atomic E-state index is 11.2. The summed E-state index contributed by atoms with van der Waals surface area (Å²) < 4.78 is 10.2. The molecule has 0 aliphatic rings. The van der Waals surface area contributed by atoms with Gasteiger partial charge in [0, 0.05) is 0 Å². The Balaban J connectivity index is 3.05. The molecule has 0 heterocycles. The lowest BCUT2D eigenvalue weighted by Crippen LogP contribution is -2.13. The van der Waals surface area contributed by atoms with Gasteiger partial charge in [-0.1, -0.05) is 22.0 Å². The van der Waals surface area contributed by atoms with E-state index in [2.05, 4.69) is 21.2 Å². The molecular weight excluding hydrogens is 262 g/mol. The van der Waals surface area contributed by atoms with Crippen molar-refractivity contribution in [3.05, 3.63) is 18.2 Å². The van der Waals surface area contributed by atoms with E-state index in [9.17, 15) is 4.79 Å². The van der Waals surface area contributed by atoms with Gasteiger partial charge in [-0.05, 0) is 12.1 Å². The van der Waals surface area contributed by atoms with Crippen molar-refractivity contribution in [1.29, 1.82) is 0 Å². The number of carbonyl (C=O) groups is 1. The van der Waals surface area contributed by atoms with Crippen molar-refractivity contribution in [2.75, 3.05) is 24.9 Å². The Morgan fingerprint density at radius 1 is 1.33 bits per heavy atom. The van der Waals surface area contributed by atoms with Crippen LogP contribution in [0.1, 0.15) is 0 Å². The van der Waals surface area contributed by atoms with Crippen LogP contribution in [0.3, 0.4) is 0 Å². The molecule has 0 unspecified atom stereocenters. The number of hydrogen-bond donors (Lipinski definition) is 1. The maximum Gasteiger partial charge on any atom is 0.235 e. The summed E-state index contributed by atoms with van der Waals surface area (Å²) in [5.41, 5.74) is 0.548. The molecule has 15 heavy (non-hydrogen) atoms. The first-order valence-electron chi connectivity index (χ1n) is 4.29. The minimum Gasteiger partial charge on any atom is -0.494 e. The standard InChI is InChI=1S/C10H12BrNO3/c1-14-7-4-3-5-8(15-2)10(7)12-9(13)6-11/h3-5H,6H2,1-2H3,(H,12,13). The molecule has 0 aliphatic carbocycles. The van der Waals surface area contributed by atoms with Crippen molar-refractivity contribution in [3.8, 4) is 11.5 Å². The lowest BCUT2D eigenvalue weighted by Gasteiger charge is -2.12. The molecule has 1 rings (SSSR count). The summed E-state index contributed by atoms with van der Waals surface area (Å²) in [6.45, 7) is 0. The topological polar surface area (TPSA) is 47.6 Å². The average molecular weight is 274 g/mol. The van der Waals surface area contributed by atoms with Gasteiger partial charge in [0.25, 0.3) is 0 Å². The third-order valence-electron chi connectivity index (χ3n) is 1.81.